The molecule has 160 valence electrons. The van der Waals surface area contributed by atoms with Crippen LogP contribution in [0, 0.1) is 5.82 Å². The van der Waals surface area contributed by atoms with Gasteiger partial charge in [0.25, 0.3) is 11.8 Å². The molecule has 0 radical (unpaired) electrons. The molecular weight excluding hydrogens is 399 g/mol. The first kappa shape index (κ1) is 20.7. The molecule has 7 nitrogen and oxygen atoms in total. The molecule has 0 bridgehead atoms. The van der Waals surface area contributed by atoms with Gasteiger partial charge < -0.3 is 15.2 Å². The van der Waals surface area contributed by atoms with Crippen LogP contribution in [-0.2, 0) is 0 Å². The zero-order valence-corrected chi connectivity index (χ0v) is 17.2. The zero-order valence-electron chi connectivity index (χ0n) is 17.2. The molecule has 4 rings (SSSR count). The molecule has 1 saturated heterocycles. The summed E-state index contributed by atoms with van der Waals surface area (Å²) in [5.74, 6) is -1.16. The Hall–Kier alpha value is -3.52. The highest BCUT2D eigenvalue weighted by molar-refractivity contribution is 6.14. The van der Waals surface area contributed by atoms with Crippen LogP contribution in [0.5, 0.6) is 0 Å². The maximum absolute atomic E-state index is 14.5. The topological polar surface area (TPSA) is 85.5 Å². The highest BCUT2D eigenvalue weighted by Gasteiger charge is 2.25. The Morgan fingerprint density at radius 1 is 1.00 bits per heavy atom. The van der Waals surface area contributed by atoms with Gasteiger partial charge in [-0.25, -0.2) is 4.39 Å². The number of fused-ring (bicyclic) bond motifs is 1. The first-order valence-corrected chi connectivity index (χ1v) is 10.1. The van der Waals surface area contributed by atoms with E-state index in [2.05, 4.69) is 10.3 Å². The minimum absolute atomic E-state index is 0.0213. The number of aromatic amines is 1. The van der Waals surface area contributed by atoms with Crippen LogP contribution in [0.1, 0.15) is 31.1 Å². The standard InChI is InChI=1S/C23H23FN4O3/c1-25-22(30)16-7-8-18(24)20-17(13-26-21(16)20)19(29)14-27-9-11-28(12-10-27)23(31)15-5-3-2-4-6-15/h2-8,13,26H,9-12,14H2,1H3,(H,25,30). The molecule has 31 heavy (non-hydrogen) atoms. The minimum Gasteiger partial charge on any atom is -0.360 e. The molecule has 0 saturated carbocycles. The van der Waals surface area contributed by atoms with E-state index in [1.807, 2.05) is 23.1 Å². The van der Waals surface area contributed by atoms with Crippen molar-refractivity contribution in [2.75, 3.05) is 39.8 Å². The highest BCUT2D eigenvalue weighted by Crippen LogP contribution is 2.26. The van der Waals surface area contributed by atoms with Crippen molar-refractivity contribution in [1.29, 1.82) is 0 Å². The quantitative estimate of drug-likeness (QED) is 0.618. The Morgan fingerprint density at radius 3 is 2.39 bits per heavy atom. The number of hydrogen-bond acceptors (Lipinski definition) is 4. The summed E-state index contributed by atoms with van der Waals surface area (Å²) in [5, 5.41) is 2.64. The monoisotopic (exact) mass is 422 g/mol. The normalized spacial score (nSPS) is 14.6. The van der Waals surface area contributed by atoms with Crippen LogP contribution in [0.4, 0.5) is 4.39 Å². The van der Waals surface area contributed by atoms with Gasteiger partial charge in [0, 0.05) is 55.9 Å². The molecule has 0 aliphatic carbocycles. The Morgan fingerprint density at radius 2 is 1.71 bits per heavy atom. The number of nitrogens with zero attached hydrogens (tertiary/aromatic N) is 2. The van der Waals surface area contributed by atoms with Crippen LogP contribution in [-0.4, -0.2) is 72.2 Å². The van der Waals surface area contributed by atoms with Crippen LogP contribution in [0.15, 0.2) is 48.7 Å². The van der Waals surface area contributed by atoms with Crippen LogP contribution in [0.2, 0.25) is 0 Å². The van der Waals surface area contributed by atoms with Crippen LogP contribution in [0.3, 0.4) is 0 Å². The van der Waals surface area contributed by atoms with Crippen molar-refractivity contribution in [3.8, 4) is 0 Å². The Bertz CT molecular complexity index is 1130. The molecule has 3 aromatic rings. The first-order valence-electron chi connectivity index (χ1n) is 10.1. The summed E-state index contributed by atoms with van der Waals surface area (Å²) < 4.78 is 14.5. The number of rotatable bonds is 5. The van der Waals surface area contributed by atoms with E-state index < -0.39 is 5.82 Å². The number of ketones is 1. The lowest BCUT2D eigenvalue weighted by molar-refractivity contribution is 0.0624. The zero-order chi connectivity index (χ0) is 22.0. The average molecular weight is 422 g/mol. The highest BCUT2D eigenvalue weighted by atomic mass is 19.1. The Labute approximate surface area is 178 Å². The van der Waals surface area contributed by atoms with Gasteiger partial charge in [0.05, 0.1) is 17.6 Å². The van der Waals surface area contributed by atoms with Gasteiger partial charge in [0.1, 0.15) is 5.82 Å². The predicted molar refractivity (Wildman–Crippen MR) is 115 cm³/mol. The summed E-state index contributed by atoms with van der Waals surface area (Å²) in [6.07, 6.45) is 1.46. The van der Waals surface area contributed by atoms with Crippen molar-refractivity contribution in [2.45, 2.75) is 0 Å². The number of aromatic nitrogens is 1. The van der Waals surface area contributed by atoms with Gasteiger partial charge in [-0.1, -0.05) is 18.2 Å². The summed E-state index contributed by atoms with van der Waals surface area (Å²) in [6.45, 7) is 2.26. The largest absolute Gasteiger partial charge is 0.360 e. The molecule has 2 heterocycles. The molecule has 1 aromatic heterocycles. The van der Waals surface area contributed by atoms with Gasteiger partial charge in [0.15, 0.2) is 5.78 Å². The number of hydrogen-bond donors (Lipinski definition) is 2. The second kappa shape index (κ2) is 8.69. The molecule has 1 aliphatic heterocycles. The first-order chi connectivity index (χ1) is 15.0. The SMILES string of the molecule is CNC(=O)c1ccc(F)c2c(C(=O)CN3CCN(C(=O)c4ccccc4)CC3)c[nH]c12. The third-order valence-electron chi connectivity index (χ3n) is 5.60. The van der Waals surface area contributed by atoms with Gasteiger partial charge in [-0.05, 0) is 24.3 Å². The van der Waals surface area contributed by atoms with Crippen molar-refractivity contribution in [3.05, 3.63) is 71.2 Å². The minimum atomic E-state index is -0.550. The van der Waals surface area contributed by atoms with Crippen molar-refractivity contribution < 1.29 is 18.8 Å². The van der Waals surface area contributed by atoms with Gasteiger partial charge in [0.2, 0.25) is 0 Å². The van der Waals surface area contributed by atoms with E-state index in [1.54, 1.807) is 17.0 Å². The van der Waals surface area contributed by atoms with E-state index in [-0.39, 0.29) is 40.7 Å². The second-order valence-electron chi connectivity index (χ2n) is 7.48. The van der Waals surface area contributed by atoms with Crippen molar-refractivity contribution >= 4 is 28.5 Å². The van der Waals surface area contributed by atoms with Gasteiger partial charge in [-0.2, -0.15) is 0 Å². The summed E-state index contributed by atoms with van der Waals surface area (Å²) >= 11 is 0. The lowest BCUT2D eigenvalue weighted by Crippen LogP contribution is -2.49. The van der Waals surface area contributed by atoms with E-state index in [4.69, 9.17) is 0 Å². The molecule has 1 aliphatic rings. The summed E-state index contributed by atoms with van der Waals surface area (Å²) in [5.41, 5.74) is 1.46. The van der Waals surface area contributed by atoms with Crippen molar-refractivity contribution in [3.63, 3.8) is 0 Å². The summed E-state index contributed by atoms with van der Waals surface area (Å²) in [4.78, 5) is 44.1. The molecule has 2 N–H and O–H groups in total. The molecule has 0 unspecified atom stereocenters. The second-order valence-corrected chi connectivity index (χ2v) is 7.48. The third-order valence-corrected chi connectivity index (χ3v) is 5.60. The van der Waals surface area contributed by atoms with Crippen LogP contribution < -0.4 is 5.32 Å². The molecular formula is C23H23FN4O3. The lowest BCUT2D eigenvalue weighted by Gasteiger charge is -2.34. The van der Waals surface area contributed by atoms with Crippen LogP contribution in [0.25, 0.3) is 10.9 Å². The van der Waals surface area contributed by atoms with Gasteiger partial charge >= 0.3 is 0 Å². The molecule has 1 fully saturated rings. The van der Waals surface area contributed by atoms with Crippen LogP contribution >= 0.6 is 0 Å². The van der Waals surface area contributed by atoms with E-state index in [0.717, 1.165) is 0 Å². The molecule has 0 spiro atoms. The number of Topliss-reactive ketones (excluding diaryl/α,β-unsaturated/α-hetero) is 1. The lowest BCUT2D eigenvalue weighted by atomic mass is 10.0. The third kappa shape index (κ3) is 4.06. The molecule has 0 atom stereocenters. The van der Waals surface area contributed by atoms with Gasteiger partial charge in [-0.15, -0.1) is 0 Å². The van der Waals surface area contributed by atoms with E-state index in [0.29, 0.717) is 37.3 Å². The fourth-order valence-corrected chi connectivity index (χ4v) is 3.91. The van der Waals surface area contributed by atoms with E-state index in [9.17, 15) is 18.8 Å². The number of amides is 2. The number of carbonyl (C=O) groups is 3. The number of piperazine rings is 1. The summed E-state index contributed by atoms with van der Waals surface area (Å²) in [6, 6.07) is 11.7. The number of carbonyl (C=O) groups excluding carboxylic acids is 3. The average Bonchev–Trinajstić information content (AvgIpc) is 3.26. The maximum atomic E-state index is 14.5. The Kier molecular flexibility index (Phi) is 5.81. The molecule has 2 amide bonds. The maximum Gasteiger partial charge on any atom is 0.253 e. The fraction of sp³-hybridized carbons (Fsp3) is 0.261. The summed E-state index contributed by atoms with van der Waals surface area (Å²) in [7, 11) is 1.49. The van der Waals surface area contributed by atoms with Crippen molar-refractivity contribution in [2.24, 2.45) is 0 Å². The van der Waals surface area contributed by atoms with E-state index >= 15 is 0 Å². The predicted octanol–water partition coefficient (Wildman–Crippen LogP) is 2.31. The molecule has 2 aromatic carbocycles. The Balaban J connectivity index is 1.45. The van der Waals surface area contributed by atoms with Crippen molar-refractivity contribution in [1.82, 2.24) is 20.1 Å². The smallest absolute Gasteiger partial charge is 0.253 e. The van der Waals surface area contributed by atoms with Gasteiger partial charge in [-0.3, -0.25) is 19.3 Å². The number of nitrogens with one attached hydrogen (secondary N) is 2. The molecule has 8 heteroatoms. The number of halogens is 1. The number of benzene rings is 2. The number of H-pyrrole nitrogens is 1. The van der Waals surface area contributed by atoms with E-state index in [1.165, 1.54) is 25.4 Å². The fourth-order valence-electron chi connectivity index (χ4n) is 3.91.